The van der Waals surface area contributed by atoms with Gasteiger partial charge in [-0.2, -0.15) is 18.3 Å². The van der Waals surface area contributed by atoms with Gasteiger partial charge in [0.1, 0.15) is 0 Å². The molecule has 3 nitrogen and oxygen atoms in total. The van der Waals surface area contributed by atoms with Gasteiger partial charge in [-0.05, 0) is 37.2 Å². The third-order valence-corrected chi connectivity index (χ3v) is 2.81. The molecule has 0 unspecified atom stereocenters. The zero-order valence-electron chi connectivity index (χ0n) is 11.2. The molecule has 0 radical (unpaired) electrons. The van der Waals surface area contributed by atoms with Gasteiger partial charge in [0.25, 0.3) is 0 Å². The Morgan fingerprint density at radius 2 is 1.80 bits per heavy atom. The fraction of sp³-hybridized carbons (Fsp3) is 0.385. The monoisotopic (exact) mass is 303 g/mol. The van der Waals surface area contributed by atoms with Gasteiger partial charge >= 0.3 is 6.18 Å². The van der Waals surface area contributed by atoms with Crippen LogP contribution in [-0.2, 0) is 6.18 Å². The van der Waals surface area contributed by atoms with Gasteiger partial charge in [0.15, 0.2) is 5.11 Å². The number of benzene rings is 1. The van der Waals surface area contributed by atoms with Crippen LogP contribution in [0.5, 0.6) is 0 Å². The topological polar surface area (TPSA) is 36.4 Å². The largest absolute Gasteiger partial charge is 0.418 e. The van der Waals surface area contributed by atoms with E-state index in [0.717, 1.165) is 24.6 Å². The Bertz CT molecular complexity index is 492. The van der Waals surface area contributed by atoms with E-state index in [1.54, 1.807) is 0 Å². The summed E-state index contributed by atoms with van der Waals surface area (Å²) in [5.74, 6) is 0. The smallest absolute Gasteiger partial charge is 0.331 e. The van der Waals surface area contributed by atoms with Gasteiger partial charge in [-0.3, -0.25) is 5.43 Å². The third kappa shape index (κ3) is 4.80. The molecule has 0 saturated heterocycles. The Kier molecular flexibility index (Phi) is 5.94. The molecule has 0 aliphatic rings. The summed E-state index contributed by atoms with van der Waals surface area (Å²) in [7, 11) is 0. The number of hydrazone groups is 1. The van der Waals surface area contributed by atoms with E-state index in [-0.39, 0.29) is 10.8 Å². The average Bonchev–Trinajstić information content (AvgIpc) is 2.39. The maximum atomic E-state index is 12.8. The molecule has 0 spiro atoms. The van der Waals surface area contributed by atoms with Gasteiger partial charge in [-0.25, -0.2) is 0 Å². The van der Waals surface area contributed by atoms with Crippen LogP contribution in [0.15, 0.2) is 29.4 Å². The van der Waals surface area contributed by atoms with Crippen molar-refractivity contribution in [3.63, 3.8) is 0 Å². The number of thiocarbonyl (C=S) groups is 1. The zero-order chi connectivity index (χ0) is 15.2. The number of nitrogens with one attached hydrogen (secondary N) is 2. The second-order valence-corrected chi connectivity index (χ2v) is 4.40. The molecule has 0 bridgehead atoms. The van der Waals surface area contributed by atoms with E-state index in [1.165, 1.54) is 18.2 Å². The van der Waals surface area contributed by atoms with Crippen molar-refractivity contribution in [3.05, 3.63) is 29.8 Å². The molecule has 1 aromatic rings. The fourth-order valence-electron chi connectivity index (χ4n) is 1.53. The summed E-state index contributed by atoms with van der Waals surface area (Å²) in [4.78, 5) is 0. The molecular formula is C13H16F3N3S. The molecule has 0 heterocycles. The normalized spacial score (nSPS) is 10.8. The van der Waals surface area contributed by atoms with Gasteiger partial charge in [0.2, 0.25) is 0 Å². The maximum Gasteiger partial charge on any atom is 0.418 e. The van der Waals surface area contributed by atoms with Crippen molar-refractivity contribution in [1.29, 1.82) is 0 Å². The van der Waals surface area contributed by atoms with Crippen LogP contribution in [-0.4, -0.2) is 10.8 Å². The van der Waals surface area contributed by atoms with Gasteiger partial charge in [0.05, 0.1) is 11.3 Å². The Morgan fingerprint density at radius 1 is 1.20 bits per heavy atom. The number of halogens is 3. The van der Waals surface area contributed by atoms with Crippen molar-refractivity contribution in [2.24, 2.45) is 5.10 Å². The second kappa shape index (κ2) is 7.23. The lowest BCUT2D eigenvalue weighted by Crippen LogP contribution is -2.26. The predicted molar refractivity (Wildman–Crippen MR) is 78.8 cm³/mol. The summed E-state index contributed by atoms with van der Waals surface area (Å²) in [6.45, 7) is 3.89. The number of hydrogen-bond donors (Lipinski definition) is 2. The SMILES string of the molecule is CCC(CC)=NNC(=S)Nc1ccccc1C(F)(F)F. The minimum absolute atomic E-state index is 0.0288. The van der Waals surface area contributed by atoms with Crippen LogP contribution >= 0.6 is 12.2 Å². The lowest BCUT2D eigenvalue weighted by Gasteiger charge is -2.14. The molecule has 2 N–H and O–H groups in total. The third-order valence-electron chi connectivity index (χ3n) is 2.61. The highest BCUT2D eigenvalue weighted by molar-refractivity contribution is 7.80. The lowest BCUT2D eigenvalue weighted by molar-refractivity contribution is -0.136. The molecule has 1 rings (SSSR count). The highest BCUT2D eigenvalue weighted by atomic mass is 32.1. The molecular weight excluding hydrogens is 287 g/mol. The van der Waals surface area contributed by atoms with Gasteiger partial charge in [0, 0.05) is 5.71 Å². The minimum Gasteiger partial charge on any atom is -0.331 e. The summed E-state index contributed by atoms with van der Waals surface area (Å²) in [6, 6.07) is 5.15. The van der Waals surface area contributed by atoms with E-state index in [2.05, 4.69) is 15.8 Å². The summed E-state index contributed by atoms with van der Waals surface area (Å²) in [6.07, 6.45) is -2.92. The molecule has 0 aliphatic carbocycles. The van der Waals surface area contributed by atoms with Crippen LogP contribution in [0.4, 0.5) is 18.9 Å². The van der Waals surface area contributed by atoms with E-state index < -0.39 is 11.7 Å². The number of rotatable bonds is 4. The van der Waals surface area contributed by atoms with E-state index >= 15 is 0 Å². The maximum absolute atomic E-state index is 12.8. The molecule has 7 heteroatoms. The Morgan fingerprint density at radius 3 is 2.35 bits per heavy atom. The Labute approximate surface area is 121 Å². The molecule has 1 aromatic carbocycles. The van der Waals surface area contributed by atoms with E-state index in [1.807, 2.05) is 13.8 Å². The predicted octanol–water partition coefficient (Wildman–Crippen LogP) is 4.17. The number of nitrogens with zero attached hydrogens (tertiary/aromatic N) is 1. The van der Waals surface area contributed by atoms with Crippen molar-refractivity contribution < 1.29 is 13.2 Å². The first-order valence-corrected chi connectivity index (χ1v) is 6.58. The summed E-state index contributed by atoms with van der Waals surface area (Å²) < 4.78 is 38.4. The van der Waals surface area contributed by atoms with Crippen LogP contribution in [0.1, 0.15) is 32.3 Å². The molecule has 20 heavy (non-hydrogen) atoms. The lowest BCUT2D eigenvalue weighted by atomic mass is 10.2. The van der Waals surface area contributed by atoms with Crippen molar-refractivity contribution in [2.45, 2.75) is 32.9 Å². The quantitative estimate of drug-likeness (QED) is 0.498. The van der Waals surface area contributed by atoms with Crippen LogP contribution in [0.25, 0.3) is 0 Å². The molecule has 0 atom stereocenters. The Balaban J connectivity index is 2.79. The summed E-state index contributed by atoms with van der Waals surface area (Å²) >= 11 is 4.94. The number of alkyl halides is 3. The first-order chi connectivity index (χ1) is 9.38. The first-order valence-electron chi connectivity index (χ1n) is 6.17. The fourth-order valence-corrected chi connectivity index (χ4v) is 1.68. The standard InChI is InChI=1S/C13H16F3N3S/c1-3-9(4-2)18-19-12(20)17-11-8-6-5-7-10(11)13(14,15)16/h5-8H,3-4H2,1-2H3,(H2,17,19,20). The van der Waals surface area contributed by atoms with Crippen molar-refractivity contribution in [1.82, 2.24) is 5.43 Å². The zero-order valence-corrected chi connectivity index (χ0v) is 12.0. The van der Waals surface area contributed by atoms with Crippen LogP contribution in [0.3, 0.4) is 0 Å². The van der Waals surface area contributed by atoms with Gasteiger partial charge < -0.3 is 5.32 Å². The molecule has 0 aromatic heterocycles. The number of anilines is 1. The van der Waals surface area contributed by atoms with Gasteiger partial charge in [-0.15, -0.1) is 0 Å². The molecule has 0 aliphatic heterocycles. The highest BCUT2D eigenvalue weighted by Crippen LogP contribution is 2.34. The van der Waals surface area contributed by atoms with Gasteiger partial charge in [-0.1, -0.05) is 26.0 Å². The van der Waals surface area contributed by atoms with Crippen molar-refractivity contribution >= 4 is 28.7 Å². The minimum atomic E-state index is -4.43. The van der Waals surface area contributed by atoms with E-state index in [4.69, 9.17) is 12.2 Å². The molecule has 0 fully saturated rings. The van der Waals surface area contributed by atoms with Crippen LogP contribution < -0.4 is 10.7 Å². The molecule has 110 valence electrons. The summed E-state index contributed by atoms with van der Waals surface area (Å²) in [5.41, 5.74) is 2.58. The first kappa shape index (κ1) is 16.4. The number of hydrogen-bond acceptors (Lipinski definition) is 2. The van der Waals surface area contributed by atoms with Crippen molar-refractivity contribution in [2.75, 3.05) is 5.32 Å². The molecule has 0 amide bonds. The second-order valence-electron chi connectivity index (χ2n) is 3.99. The molecule has 0 saturated carbocycles. The van der Waals surface area contributed by atoms with Crippen LogP contribution in [0, 0.1) is 0 Å². The van der Waals surface area contributed by atoms with Crippen LogP contribution in [0.2, 0.25) is 0 Å². The summed E-state index contributed by atoms with van der Waals surface area (Å²) in [5, 5.41) is 6.57. The van der Waals surface area contributed by atoms with E-state index in [0.29, 0.717) is 0 Å². The van der Waals surface area contributed by atoms with Crippen molar-refractivity contribution in [3.8, 4) is 0 Å². The Hall–Kier alpha value is -1.63. The average molecular weight is 303 g/mol. The highest BCUT2D eigenvalue weighted by Gasteiger charge is 2.33. The number of para-hydroxylation sites is 1. The van der Waals surface area contributed by atoms with E-state index in [9.17, 15) is 13.2 Å².